The van der Waals surface area contributed by atoms with Gasteiger partial charge in [0.15, 0.2) is 0 Å². The van der Waals surface area contributed by atoms with Crippen LogP contribution in [0.1, 0.15) is 39.5 Å². The van der Waals surface area contributed by atoms with Crippen molar-refractivity contribution in [3.8, 4) is 0 Å². The molecule has 2 rings (SSSR count). The van der Waals surface area contributed by atoms with Crippen molar-refractivity contribution >= 4 is 10.8 Å². The zero-order chi connectivity index (χ0) is 10.2. The van der Waals surface area contributed by atoms with Crippen LogP contribution in [-0.2, 0) is 10.8 Å². The molecule has 1 saturated carbocycles. The van der Waals surface area contributed by atoms with Gasteiger partial charge in [0, 0.05) is 22.6 Å². The second-order valence-corrected chi connectivity index (χ2v) is 7.06. The third kappa shape index (κ3) is 1.89. The van der Waals surface area contributed by atoms with Crippen molar-refractivity contribution in [1.82, 2.24) is 5.32 Å². The molecule has 2 nitrogen and oxygen atoms in total. The molecule has 0 amide bonds. The molecule has 3 unspecified atom stereocenters. The fraction of sp³-hybridized carbons (Fsp3) is 1.00. The van der Waals surface area contributed by atoms with Crippen LogP contribution in [-0.4, -0.2) is 27.8 Å². The van der Waals surface area contributed by atoms with E-state index in [-0.39, 0.29) is 0 Å². The van der Waals surface area contributed by atoms with Crippen molar-refractivity contribution in [2.75, 3.05) is 12.3 Å². The van der Waals surface area contributed by atoms with Gasteiger partial charge in [0.25, 0.3) is 0 Å². The first-order valence-corrected chi connectivity index (χ1v) is 7.10. The molecule has 82 valence electrons. The van der Waals surface area contributed by atoms with Gasteiger partial charge in [0.05, 0.1) is 5.25 Å². The maximum absolute atomic E-state index is 12.0. The maximum Gasteiger partial charge on any atom is 0.0506 e. The molecular weight excluding hydrogens is 194 g/mol. The fourth-order valence-corrected chi connectivity index (χ4v) is 4.83. The smallest absolute Gasteiger partial charge is 0.0506 e. The predicted molar refractivity (Wildman–Crippen MR) is 60.8 cm³/mol. The SMILES string of the molecule is CC1(C)CCCC2C1NCCCS2=O. The Bertz CT molecular complexity index is 239. The summed E-state index contributed by atoms with van der Waals surface area (Å²) in [6.07, 6.45) is 4.77. The van der Waals surface area contributed by atoms with Crippen LogP contribution in [0.3, 0.4) is 0 Å². The number of hydrogen-bond acceptors (Lipinski definition) is 2. The highest BCUT2D eigenvalue weighted by Gasteiger charge is 2.42. The second kappa shape index (κ2) is 3.93. The average molecular weight is 215 g/mol. The summed E-state index contributed by atoms with van der Waals surface area (Å²) in [5.74, 6) is 0.907. The Morgan fingerprint density at radius 2 is 2.14 bits per heavy atom. The van der Waals surface area contributed by atoms with Gasteiger partial charge in [-0.2, -0.15) is 0 Å². The van der Waals surface area contributed by atoms with E-state index in [2.05, 4.69) is 19.2 Å². The molecule has 3 atom stereocenters. The zero-order valence-electron chi connectivity index (χ0n) is 9.21. The molecular formula is C11H21NOS. The molecule has 0 bridgehead atoms. The molecule has 2 aliphatic rings. The van der Waals surface area contributed by atoms with Gasteiger partial charge in [0.2, 0.25) is 0 Å². The molecule has 1 saturated heterocycles. The van der Waals surface area contributed by atoms with Crippen LogP contribution in [0.4, 0.5) is 0 Å². The molecule has 0 spiro atoms. The van der Waals surface area contributed by atoms with Gasteiger partial charge in [-0.25, -0.2) is 0 Å². The van der Waals surface area contributed by atoms with Crippen molar-refractivity contribution in [3.05, 3.63) is 0 Å². The summed E-state index contributed by atoms with van der Waals surface area (Å²) in [5.41, 5.74) is 0.336. The van der Waals surface area contributed by atoms with E-state index < -0.39 is 10.8 Å². The van der Waals surface area contributed by atoms with E-state index in [0.717, 1.165) is 25.1 Å². The van der Waals surface area contributed by atoms with E-state index in [1.807, 2.05) is 0 Å². The van der Waals surface area contributed by atoms with E-state index in [1.165, 1.54) is 12.8 Å². The number of nitrogens with one attached hydrogen (secondary N) is 1. The van der Waals surface area contributed by atoms with E-state index in [4.69, 9.17) is 0 Å². The molecule has 14 heavy (non-hydrogen) atoms. The molecule has 1 aliphatic carbocycles. The van der Waals surface area contributed by atoms with Crippen molar-refractivity contribution in [2.24, 2.45) is 5.41 Å². The number of hydrogen-bond donors (Lipinski definition) is 1. The van der Waals surface area contributed by atoms with E-state index in [0.29, 0.717) is 16.7 Å². The molecule has 1 N–H and O–H groups in total. The third-order valence-electron chi connectivity index (χ3n) is 3.75. The summed E-state index contributed by atoms with van der Waals surface area (Å²) in [5, 5.41) is 4.03. The highest BCUT2D eigenvalue weighted by molar-refractivity contribution is 7.85. The standard InChI is InChI=1S/C11H21NOS/c1-11(2)6-3-5-9-10(11)12-7-4-8-14(9)13/h9-10,12H,3-8H2,1-2H3. The zero-order valence-corrected chi connectivity index (χ0v) is 10.0. The minimum atomic E-state index is -0.583. The summed E-state index contributed by atoms with van der Waals surface area (Å²) in [6.45, 7) is 5.69. The minimum absolute atomic E-state index is 0.336. The van der Waals surface area contributed by atoms with Crippen molar-refractivity contribution in [1.29, 1.82) is 0 Å². The van der Waals surface area contributed by atoms with Gasteiger partial charge >= 0.3 is 0 Å². The van der Waals surface area contributed by atoms with Gasteiger partial charge in [-0.1, -0.05) is 20.3 Å². The molecule has 2 fully saturated rings. The summed E-state index contributed by atoms with van der Waals surface area (Å²) < 4.78 is 12.0. The molecule has 0 aromatic rings. The molecule has 1 aliphatic heterocycles. The molecule has 3 heteroatoms. The average Bonchev–Trinajstić information content (AvgIpc) is 2.29. The van der Waals surface area contributed by atoms with Crippen LogP contribution < -0.4 is 5.32 Å². The monoisotopic (exact) mass is 215 g/mol. The van der Waals surface area contributed by atoms with Crippen LogP contribution in [0.2, 0.25) is 0 Å². The van der Waals surface area contributed by atoms with Crippen LogP contribution in [0.5, 0.6) is 0 Å². The lowest BCUT2D eigenvalue weighted by atomic mass is 9.73. The molecule has 0 radical (unpaired) electrons. The lowest BCUT2D eigenvalue weighted by Crippen LogP contribution is -2.52. The number of fused-ring (bicyclic) bond motifs is 1. The minimum Gasteiger partial charge on any atom is -0.312 e. The van der Waals surface area contributed by atoms with E-state index in [1.54, 1.807) is 0 Å². The van der Waals surface area contributed by atoms with Crippen molar-refractivity contribution < 1.29 is 4.21 Å². The summed E-state index contributed by atoms with van der Waals surface area (Å²) in [7, 11) is -0.583. The predicted octanol–water partition coefficient (Wildman–Crippen LogP) is 1.68. The topological polar surface area (TPSA) is 29.1 Å². The Hall–Kier alpha value is 0.110. The molecule has 0 aromatic carbocycles. The normalized spacial score (nSPS) is 42.6. The molecule has 1 heterocycles. The third-order valence-corrected chi connectivity index (χ3v) is 5.62. The summed E-state index contributed by atoms with van der Waals surface area (Å²) in [6, 6.07) is 0.486. The van der Waals surface area contributed by atoms with Crippen LogP contribution in [0.15, 0.2) is 0 Å². The van der Waals surface area contributed by atoms with Gasteiger partial charge in [-0.3, -0.25) is 4.21 Å². The fourth-order valence-electron chi connectivity index (χ4n) is 2.90. The Labute approximate surface area is 89.3 Å². The first-order chi connectivity index (χ1) is 6.61. The summed E-state index contributed by atoms with van der Waals surface area (Å²) in [4.78, 5) is 0. The quantitative estimate of drug-likeness (QED) is 0.666. The van der Waals surface area contributed by atoms with Gasteiger partial charge in [-0.05, 0) is 31.2 Å². The van der Waals surface area contributed by atoms with Gasteiger partial charge in [0.1, 0.15) is 0 Å². The lowest BCUT2D eigenvalue weighted by Gasteiger charge is -2.43. The summed E-state index contributed by atoms with van der Waals surface area (Å²) >= 11 is 0. The lowest BCUT2D eigenvalue weighted by molar-refractivity contribution is 0.175. The number of rotatable bonds is 0. The largest absolute Gasteiger partial charge is 0.312 e. The molecule has 0 aromatic heterocycles. The van der Waals surface area contributed by atoms with Crippen LogP contribution in [0.25, 0.3) is 0 Å². The Balaban J connectivity index is 2.20. The highest BCUT2D eigenvalue weighted by atomic mass is 32.2. The van der Waals surface area contributed by atoms with Crippen LogP contribution >= 0.6 is 0 Å². The highest BCUT2D eigenvalue weighted by Crippen LogP contribution is 2.38. The van der Waals surface area contributed by atoms with Gasteiger partial charge in [-0.15, -0.1) is 0 Å². The van der Waals surface area contributed by atoms with E-state index >= 15 is 0 Å². The Morgan fingerprint density at radius 3 is 2.93 bits per heavy atom. The van der Waals surface area contributed by atoms with Gasteiger partial charge < -0.3 is 5.32 Å². The van der Waals surface area contributed by atoms with Crippen molar-refractivity contribution in [2.45, 2.75) is 50.8 Å². The maximum atomic E-state index is 12.0. The van der Waals surface area contributed by atoms with E-state index in [9.17, 15) is 4.21 Å². The van der Waals surface area contributed by atoms with Crippen molar-refractivity contribution in [3.63, 3.8) is 0 Å². The Kier molecular flexibility index (Phi) is 2.98. The second-order valence-electron chi connectivity index (χ2n) is 5.29. The first-order valence-electron chi connectivity index (χ1n) is 5.72. The van der Waals surface area contributed by atoms with Crippen LogP contribution in [0, 0.1) is 5.41 Å². The first kappa shape index (κ1) is 10.6. The Morgan fingerprint density at radius 1 is 1.36 bits per heavy atom.